The van der Waals surface area contributed by atoms with E-state index in [0.717, 1.165) is 39.6 Å². The zero-order valence-electron chi connectivity index (χ0n) is 33.7. The maximum Gasteiger partial charge on any atom is 2.00 e. The summed E-state index contributed by atoms with van der Waals surface area (Å²) >= 11 is 0. The Balaban J connectivity index is 0.00000532. The van der Waals surface area contributed by atoms with Crippen LogP contribution in [0, 0.1) is 12.1 Å². The Labute approximate surface area is 346 Å². The van der Waals surface area contributed by atoms with Gasteiger partial charge in [-0.25, -0.2) is 9.67 Å². The van der Waals surface area contributed by atoms with Gasteiger partial charge in [-0.05, 0) is 68.8 Å². The molecule has 0 spiro atoms. The second kappa shape index (κ2) is 16.0. The van der Waals surface area contributed by atoms with Crippen molar-refractivity contribution in [2.75, 3.05) is 4.90 Å². The smallest absolute Gasteiger partial charge is 0.503 e. The van der Waals surface area contributed by atoms with Crippen molar-refractivity contribution in [1.29, 1.82) is 0 Å². The van der Waals surface area contributed by atoms with Gasteiger partial charge >= 0.3 is 21.1 Å². The van der Waals surface area contributed by atoms with E-state index in [9.17, 15) is 0 Å². The fraction of sp³-hybridized carbons (Fsp3) is 0.245. The molecule has 7 heteroatoms. The molecular formula is C49H49N5OPt. The topological polar surface area (TPSA) is 56.1 Å². The summed E-state index contributed by atoms with van der Waals surface area (Å²) in [4.78, 5) is 11.8. The standard InChI is InChI=1S/C49H49N5O.Pt/c1-47(2,3)36-30-38(54(37-19-11-10-12-20-37)45-29-34(26-27-50-45)41-22-13-14-23-42(41)48(4,5)6)32-40(31-36)55-39-21-17-18-35(28-39)46-51-33-53(52-46)44-25-16-15-24-43(44)49(7,8)9;/h10-27,29-31,33H,1-9H3;/q-2;+2. The predicted octanol–water partition coefficient (Wildman–Crippen LogP) is 12.7. The monoisotopic (exact) mass is 918 g/mol. The Bertz CT molecular complexity index is 2430. The van der Waals surface area contributed by atoms with Gasteiger partial charge in [-0.2, -0.15) is 5.10 Å². The minimum atomic E-state index is -0.184. The van der Waals surface area contributed by atoms with Gasteiger partial charge in [0.05, 0.1) is 11.5 Å². The van der Waals surface area contributed by atoms with Crippen molar-refractivity contribution >= 4 is 17.2 Å². The van der Waals surface area contributed by atoms with Crippen LogP contribution in [0.1, 0.15) is 79.0 Å². The van der Waals surface area contributed by atoms with Gasteiger partial charge in [0.1, 0.15) is 12.1 Å². The van der Waals surface area contributed by atoms with E-state index in [2.05, 4.69) is 163 Å². The zero-order chi connectivity index (χ0) is 39.0. The van der Waals surface area contributed by atoms with E-state index >= 15 is 0 Å². The molecule has 5 aromatic carbocycles. The molecule has 0 atom stereocenters. The molecule has 0 amide bonds. The van der Waals surface area contributed by atoms with Crippen LogP contribution in [0.15, 0.2) is 134 Å². The van der Waals surface area contributed by atoms with Crippen LogP contribution in [0.5, 0.6) is 11.5 Å². The van der Waals surface area contributed by atoms with Crippen molar-refractivity contribution in [2.24, 2.45) is 0 Å². The summed E-state index contributed by atoms with van der Waals surface area (Å²) in [6.07, 6.45) is 3.65. The van der Waals surface area contributed by atoms with Gasteiger partial charge in [-0.1, -0.05) is 135 Å². The van der Waals surface area contributed by atoms with Crippen LogP contribution in [-0.4, -0.2) is 19.7 Å². The van der Waals surface area contributed by atoms with Crippen LogP contribution in [0.4, 0.5) is 17.2 Å². The first-order valence-electron chi connectivity index (χ1n) is 18.9. The van der Waals surface area contributed by atoms with E-state index < -0.39 is 0 Å². The summed E-state index contributed by atoms with van der Waals surface area (Å²) in [6, 6.07) is 48.6. The minimum absolute atomic E-state index is 0. The van der Waals surface area contributed by atoms with Gasteiger partial charge in [-0.3, -0.25) is 4.98 Å². The third-order valence-electron chi connectivity index (χ3n) is 9.65. The van der Waals surface area contributed by atoms with Crippen molar-refractivity contribution in [3.63, 3.8) is 0 Å². The van der Waals surface area contributed by atoms with E-state index in [1.54, 1.807) is 6.33 Å². The van der Waals surface area contributed by atoms with Crippen LogP contribution < -0.4 is 9.64 Å². The molecule has 2 heterocycles. The number of hydrogen-bond acceptors (Lipinski definition) is 5. The molecule has 0 bridgehead atoms. The van der Waals surface area contributed by atoms with Crippen LogP contribution in [0.3, 0.4) is 0 Å². The number of anilines is 3. The van der Waals surface area contributed by atoms with Crippen LogP contribution in [0.2, 0.25) is 0 Å². The maximum atomic E-state index is 6.62. The van der Waals surface area contributed by atoms with Crippen molar-refractivity contribution in [3.8, 4) is 39.7 Å². The number of para-hydroxylation sites is 2. The molecule has 0 aliphatic carbocycles. The second-order valence-electron chi connectivity index (χ2n) is 17.0. The first-order chi connectivity index (χ1) is 26.1. The van der Waals surface area contributed by atoms with E-state index in [0.29, 0.717) is 17.3 Å². The van der Waals surface area contributed by atoms with Crippen LogP contribution >= 0.6 is 0 Å². The average Bonchev–Trinajstić information content (AvgIpc) is 3.65. The third-order valence-corrected chi connectivity index (χ3v) is 9.65. The number of pyridine rings is 1. The first-order valence-corrected chi connectivity index (χ1v) is 18.9. The van der Waals surface area contributed by atoms with Gasteiger partial charge in [0.15, 0.2) is 0 Å². The largest absolute Gasteiger partial charge is 2.00 e. The molecule has 0 fully saturated rings. The molecule has 0 radical (unpaired) electrons. The van der Waals surface area contributed by atoms with E-state index in [1.807, 2.05) is 53.3 Å². The molecule has 7 rings (SSSR count). The van der Waals surface area contributed by atoms with Crippen LogP contribution in [-0.2, 0) is 37.3 Å². The number of benzene rings is 5. The molecule has 0 saturated carbocycles. The Kier molecular flexibility index (Phi) is 11.6. The van der Waals surface area contributed by atoms with Crippen molar-refractivity contribution in [1.82, 2.24) is 19.7 Å². The SMILES string of the molecule is CC(C)(C)c1cc(Oc2[c-]c(-c3ncn(-c4ccccc4C(C)(C)C)n3)ccc2)[c-]c(N(c2ccccc2)c2cc(-c3ccccc3C(C)(C)C)ccn2)c1.[Pt+2]. The summed E-state index contributed by atoms with van der Waals surface area (Å²) < 4.78 is 8.46. The molecule has 56 heavy (non-hydrogen) atoms. The Morgan fingerprint density at radius 2 is 1.29 bits per heavy atom. The molecule has 0 saturated heterocycles. The zero-order valence-corrected chi connectivity index (χ0v) is 35.9. The van der Waals surface area contributed by atoms with Crippen molar-refractivity contribution in [3.05, 3.63) is 163 Å². The minimum Gasteiger partial charge on any atom is -0.503 e. The summed E-state index contributed by atoms with van der Waals surface area (Å²) in [6.45, 7) is 20.0. The van der Waals surface area contributed by atoms with Gasteiger partial charge in [0.25, 0.3) is 0 Å². The molecule has 0 N–H and O–H groups in total. The molecule has 0 unspecified atom stereocenters. The quantitative estimate of drug-likeness (QED) is 0.142. The van der Waals surface area contributed by atoms with E-state index in [1.165, 1.54) is 16.7 Å². The van der Waals surface area contributed by atoms with Gasteiger partial charge in [-0.15, -0.1) is 47.5 Å². The molecule has 7 aromatic rings. The van der Waals surface area contributed by atoms with Crippen molar-refractivity contribution < 1.29 is 25.8 Å². The van der Waals surface area contributed by atoms with E-state index in [4.69, 9.17) is 14.8 Å². The fourth-order valence-electron chi connectivity index (χ4n) is 6.77. The fourth-order valence-corrected chi connectivity index (χ4v) is 6.77. The van der Waals surface area contributed by atoms with Crippen molar-refractivity contribution in [2.45, 2.75) is 78.6 Å². The van der Waals surface area contributed by atoms with E-state index in [-0.39, 0.29) is 37.3 Å². The molecule has 0 aliphatic heterocycles. The molecule has 0 aliphatic rings. The normalized spacial score (nSPS) is 11.9. The first kappa shape index (κ1) is 40.3. The number of nitrogens with zero attached hydrogens (tertiary/aromatic N) is 5. The molecule has 6 nitrogen and oxygen atoms in total. The molecule has 2 aromatic heterocycles. The number of rotatable bonds is 8. The summed E-state index contributed by atoms with van der Waals surface area (Å²) in [5, 5.41) is 4.87. The number of aromatic nitrogens is 4. The predicted molar refractivity (Wildman–Crippen MR) is 225 cm³/mol. The van der Waals surface area contributed by atoms with Gasteiger partial charge in [0, 0.05) is 23.4 Å². The Morgan fingerprint density at radius 1 is 0.607 bits per heavy atom. The Morgan fingerprint density at radius 3 is 2.00 bits per heavy atom. The molecular weight excluding hydrogens is 870 g/mol. The average molecular weight is 919 g/mol. The third kappa shape index (κ3) is 8.87. The van der Waals surface area contributed by atoms with Crippen LogP contribution in [0.25, 0.3) is 28.2 Å². The summed E-state index contributed by atoms with van der Waals surface area (Å²) in [7, 11) is 0. The Hall–Kier alpha value is -5.32. The maximum absolute atomic E-state index is 6.62. The number of hydrogen-bond donors (Lipinski definition) is 0. The van der Waals surface area contributed by atoms with Gasteiger partial charge in [0.2, 0.25) is 0 Å². The summed E-state index contributed by atoms with van der Waals surface area (Å²) in [5.74, 6) is 2.46. The summed E-state index contributed by atoms with van der Waals surface area (Å²) in [5.41, 5.74) is 9.13. The van der Waals surface area contributed by atoms with Gasteiger partial charge < -0.3 is 9.64 Å². The number of ether oxygens (including phenoxy) is 1. The molecule has 286 valence electrons. The second-order valence-corrected chi connectivity index (χ2v) is 17.0.